The van der Waals surface area contributed by atoms with Crippen LogP contribution in [-0.2, 0) is 17.1 Å². The molecule has 3 aromatic rings. The first-order valence-electron chi connectivity index (χ1n) is 9.12. The van der Waals surface area contributed by atoms with E-state index in [0.29, 0.717) is 48.1 Å². The summed E-state index contributed by atoms with van der Waals surface area (Å²) in [5.74, 6) is 0.692. The van der Waals surface area contributed by atoms with Crippen LogP contribution in [0, 0.1) is 20.8 Å². The lowest BCUT2D eigenvalue weighted by atomic mass is 10.1. The van der Waals surface area contributed by atoms with E-state index >= 15 is 0 Å². The second kappa shape index (κ2) is 6.78. The highest BCUT2D eigenvalue weighted by molar-refractivity contribution is 7.89. The molecule has 1 aromatic carbocycles. The van der Waals surface area contributed by atoms with Gasteiger partial charge in [0.25, 0.3) is 0 Å². The average molecular weight is 401 g/mol. The van der Waals surface area contributed by atoms with E-state index in [-0.39, 0.29) is 0 Å². The molecule has 4 rings (SSSR count). The molecular weight excluding hydrogens is 378 g/mol. The maximum Gasteiger partial charge on any atom is 0.243 e. The molecular formula is C18H23N7O2S. The van der Waals surface area contributed by atoms with Crippen molar-refractivity contribution in [1.29, 1.82) is 0 Å². The van der Waals surface area contributed by atoms with Crippen molar-refractivity contribution < 1.29 is 8.42 Å². The van der Waals surface area contributed by atoms with E-state index in [1.54, 1.807) is 16.0 Å². The molecule has 9 nitrogen and oxygen atoms in total. The van der Waals surface area contributed by atoms with Gasteiger partial charge in [-0.1, -0.05) is 22.9 Å². The SMILES string of the molecule is Cc1cc(C)c(S(=O)(=O)N2CCN(c3ncnc4c3nnn4C)CC2)c(C)c1. The van der Waals surface area contributed by atoms with Crippen LogP contribution in [0.15, 0.2) is 23.4 Å². The van der Waals surface area contributed by atoms with Gasteiger partial charge in [-0.25, -0.2) is 23.1 Å². The van der Waals surface area contributed by atoms with E-state index in [4.69, 9.17) is 0 Å². The second-order valence-corrected chi connectivity index (χ2v) is 9.08. The number of hydrogen-bond donors (Lipinski definition) is 0. The zero-order valence-corrected chi connectivity index (χ0v) is 17.2. The Labute approximate surface area is 164 Å². The van der Waals surface area contributed by atoms with Crippen LogP contribution < -0.4 is 4.90 Å². The number of sulfonamides is 1. The molecule has 1 saturated heterocycles. The molecule has 0 amide bonds. The number of hydrogen-bond acceptors (Lipinski definition) is 7. The molecule has 0 bridgehead atoms. The Kier molecular flexibility index (Phi) is 4.54. The van der Waals surface area contributed by atoms with E-state index in [1.807, 2.05) is 37.8 Å². The molecule has 0 spiro atoms. The highest BCUT2D eigenvalue weighted by atomic mass is 32.2. The molecule has 10 heteroatoms. The summed E-state index contributed by atoms with van der Waals surface area (Å²) < 4.78 is 29.7. The zero-order valence-electron chi connectivity index (χ0n) is 16.4. The van der Waals surface area contributed by atoms with Crippen LogP contribution in [0.3, 0.4) is 0 Å². The van der Waals surface area contributed by atoms with E-state index < -0.39 is 10.0 Å². The summed E-state index contributed by atoms with van der Waals surface area (Å²) in [4.78, 5) is 11.0. The van der Waals surface area contributed by atoms with Crippen molar-refractivity contribution in [2.45, 2.75) is 25.7 Å². The summed E-state index contributed by atoms with van der Waals surface area (Å²) in [5, 5.41) is 8.16. The number of nitrogens with zero attached hydrogens (tertiary/aromatic N) is 7. The van der Waals surface area contributed by atoms with Crippen LogP contribution in [0.2, 0.25) is 0 Å². The first-order valence-corrected chi connectivity index (χ1v) is 10.6. The smallest absolute Gasteiger partial charge is 0.243 e. The van der Waals surface area contributed by atoms with Crippen molar-refractivity contribution in [3.63, 3.8) is 0 Å². The number of benzene rings is 1. The largest absolute Gasteiger partial charge is 0.352 e. The zero-order chi connectivity index (χ0) is 20.1. The van der Waals surface area contributed by atoms with E-state index in [1.165, 1.54) is 6.33 Å². The minimum absolute atomic E-state index is 0.390. The summed E-state index contributed by atoms with van der Waals surface area (Å²) in [7, 11) is -1.76. The third kappa shape index (κ3) is 3.02. The first kappa shape index (κ1) is 18.8. The molecule has 28 heavy (non-hydrogen) atoms. The minimum Gasteiger partial charge on any atom is -0.352 e. The Morgan fingerprint density at radius 3 is 2.25 bits per heavy atom. The van der Waals surface area contributed by atoms with Gasteiger partial charge in [-0.05, 0) is 31.9 Å². The summed E-state index contributed by atoms with van der Waals surface area (Å²) in [5.41, 5.74) is 3.93. The van der Waals surface area contributed by atoms with Gasteiger partial charge >= 0.3 is 0 Å². The molecule has 0 aliphatic carbocycles. The van der Waals surface area contributed by atoms with Gasteiger partial charge in [-0.2, -0.15) is 4.31 Å². The van der Waals surface area contributed by atoms with Gasteiger partial charge in [0.15, 0.2) is 17.0 Å². The van der Waals surface area contributed by atoms with Gasteiger partial charge in [0.2, 0.25) is 10.0 Å². The standard InChI is InChI=1S/C18H23N7O2S/c1-12-9-13(2)16(14(3)10-12)28(26,27)25-7-5-24(6-8-25)18-15-17(19-11-20-18)23(4)22-21-15/h9-11H,5-8H2,1-4H3. The fourth-order valence-electron chi connectivity index (χ4n) is 3.92. The minimum atomic E-state index is -3.54. The average Bonchev–Trinajstić information content (AvgIpc) is 3.02. The maximum absolute atomic E-state index is 13.3. The molecule has 0 unspecified atom stereocenters. The maximum atomic E-state index is 13.3. The van der Waals surface area contributed by atoms with Crippen molar-refractivity contribution in [1.82, 2.24) is 29.3 Å². The van der Waals surface area contributed by atoms with Crippen LogP contribution in [0.25, 0.3) is 11.2 Å². The highest BCUT2D eigenvalue weighted by Gasteiger charge is 2.32. The van der Waals surface area contributed by atoms with Crippen LogP contribution >= 0.6 is 0 Å². The summed E-state index contributed by atoms with van der Waals surface area (Å²) in [6.07, 6.45) is 1.49. The van der Waals surface area contributed by atoms with Gasteiger partial charge in [0.1, 0.15) is 6.33 Å². The lowest BCUT2D eigenvalue weighted by molar-refractivity contribution is 0.383. The molecule has 3 heterocycles. The van der Waals surface area contributed by atoms with Gasteiger partial charge in [-0.15, -0.1) is 5.10 Å². The normalized spacial score (nSPS) is 16.1. The number of fused-ring (bicyclic) bond motifs is 1. The highest BCUT2D eigenvalue weighted by Crippen LogP contribution is 2.27. The fraction of sp³-hybridized carbons (Fsp3) is 0.444. The van der Waals surface area contributed by atoms with Gasteiger partial charge in [0.05, 0.1) is 4.90 Å². The Morgan fingerprint density at radius 2 is 1.61 bits per heavy atom. The number of piperazine rings is 1. The van der Waals surface area contributed by atoms with E-state index in [0.717, 1.165) is 16.7 Å². The van der Waals surface area contributed by atoms with Crippen LogP contribution in [0.1, 0.15) is 16.7 Å². The monoisotopic (exact) mass is 401 g/mol. The molecule has 0 N–H and O–H groups in total. The van der Waals surface area contributed by atoms with Crippen molar-refractivity contribution in [3.05, 3.63) is 35.2 Å². The van der Waals surface area contributed by atoms with Crippen molar-refractivity contribution in [2.24, 2.45) is 7.05 Å². The predicted molar refractivity (Wildman–Crippen MR) is 106 cm³/mol. The fourth-order valence-corrected chi connectivity index (χ4v) is 5.75. The molecule has 0 radical (unpaired) electrons. The van der Waals surface area contributed by atoms with Gasteiger partial charge in [-0.3, -0.25) is 0 Å². The van der Waals surface area contributed by atoms with Gasteiger partial charge in [0, 0.05) is 33.2 Å². The van der Waals surface area contributed by atoms with Crippen LogP contribution in [0.5, 0.6) is 0 Å². The number of rotatable bonds is 3. The van der Waals surface area contributed by atoms with Crippen molar-refractivity contribution >= 4 is 27.0 Å². The number of aromatic nitrogens is 5. The Balaban J connectivity index is 1.59. The van der Waals surface area contributed by atoms with Crippen LogP contribution in [-0.4, -0.2) is 63.9 Å². The van der Waals surface area contributed by atoms with Gasteiger partial charge < -0.3 is 4.90 Å². The third-order valence-corrected chi connectivity index (χ3v) is 7.31. The van der Waals surface area contributed by atoms with Crippen molar-refractivity contribution in [2.75, 3.05) is 31.1 Å². The first-order chi connectivity index (χ1) is 13.3. The molecule has 0 saturated carbocycles. The molecule has 1 fully saturated rings. The lowest BCUT2D eigenvalue weighted by Gasteiger charge is -2.35. The Morgan fingerprint density at radius 1 is 0.964 bits per heavy atom. The summed E-state index contributed by atoms with van der Waals surface area (Å²) in [6.45, 7) is 7.53. The summed E-state index contributed by atoms with van der Waals surface area (Å²) >= 11 is 0. The Hall–Kier alpha value is -2.59. The Bertz CT molecular complexity index is 1120. The van der Waals surface area contributed by atoms with E-state index in [2.05, 4.69) is 20.3 Å². The van der Waals surface area contributed by atoms with E-state index in [9.17, 15) is 8.42 Å². The van der Waals surface area contributed by atoms with Crippen LogP contribution in [0.4, 0.5) is 5.82 Å². The lowest BCUT2D eigenvalue weighted by Crippen LogP contribution is -2.49. The predicted octanol–water partition coefficient (Wildman–Crippen LogP) is 1.19. The second-order valence-electron chi connectivity index (χ2n) is 7.20. The molecule has 148 valence electrons. The van der Waals surface area contributed by atoms with Crippen molar-refractivity contribution in [3.8, 4) is 0 Å². The quantitative estimate of drug-likeness (QED) is 0.650. The number of aryl methyl sites for hydroxylation is 4. The topological polar surface area (TPSA) is 97.1 Å². The molecule has 0 atom stereocenters. The molecule has 1 aliphatic rings. The third-order valence-electron chi connectivity index (χ3n) is 5.11. The summed E-state index contributed by atoms with van der Waals surface area (Å²) in [6, 6.07) is 3.84. The number of anilines is 1. The molecule has 2 aromatic heterocycles. The molecule has 1 aliphatic heterocycles.